The SMILES string of the molecule is C[Si](C)(C)[C@@]1(C(=O)N2CCCCC2)O[C@H]1c1ccccc1. The summed E-state index contributed by atoms with van der Waals surface area (Å²) < 4.78 is 6.14. The molecule has 2 fully saturated rings. The third kappa shape index (κ3) is 2.44. The van der Waals surface area contributed by atoms with Crippen molar-refractivity contribution in [2.45, 2.75) is 50.2 Å². The van der Waals surface area contributed by atoms with Gasteiger partial charge in [0.25, 0.3) is 5.91 Å². The number of hydrogen-bond acceptors (Lipinski definition) is 2. The summed E-state index contributed by atoms with van der Waals surface area (Å²) in [7, 11) is -1.78. The minimum atomic E-state index is -1.78. The van der Waals surface area contributed by atoms with Gasteiger partial charge in [0.2, 0.25) is 0 Å². The molecule has 2 aliphatic heterocycles. The summed E-state index contributed by atoms with van der Waals surface area (Å²) in [5.74, 6) is 0.246. The second kappa shape index (κ2) is 5.25. The smallest absolute Gasteiger partial charge is 0.254 e. The Hall–Kier alpha value is -1.13. The zero-order valence-corrected chi connectivity index (χ0v) is 14.3. The van der Waals surface area contributed by atoms with Gasteiger partial charge in [-0.05, 0) is 24.8 Å². The van der Waals surface area contributed by atoms with Gasteiger partial charge >= 0.3 is 0 Å². The number of carbonyl (C=O) groups excluding carboxylic acids is 1. The molecule has 3 rings (SSSR count). The molecule has 0 bridgehead atoms. The molecule has 0 spiro atoms. The molecule has 2 atom stereocenters. The van der Waals surface area contributed by atoms with Gasteiger partial charge in [-0.2, -0.15) is 0 Å². The normalized spacial score (nSPS) is 29.3. The Morgan fingerprint density at radius 1 is 1.14 bits per heavy atom. The number of epoxide rings is 1. The molecular weight excluding hydrogens is 278 g/mol. The zero-order chi connectivity index (χ0) is 15.1. The van der Waals surface area contributed by atoms with E-state index in [2.05, 4.69) is 31.8 Å². The molecule has 1 aromatic rings. The van der Waals surface area contributed by atoms with Gasteiger partial charge in [0, 0.05) is 13.1 Å². The van der Waals surface area contributed by atoms with E-state index in [0.717, 1.165) is 31.5 Å². The fourth-order valence-electron chi connectivity index (χ4n) is 3.47. The Morgan fingerprint density at radius 2 is 1.76 bits per heavy atom. The van der Waals surface area contributed by atoms with Gasteiger partial charge in [-0.15, -0.1) is 0 Å². The standard InChI is InChI=1S/C17H25NO2Si/c1-21(2,3)17(16(19)18-12-8-5-9-13-18)15(20-17)14-10-6-4-7-11-14/h4,6-7,10-11,15H,5,8-9,12-13H2,1-3H3/t15-,17-/m0/s1. The van der Waals surface area contributed by atoms with Crippen LogP contribution in [0.1, 0.15) is 30.9 Å². The second-order valence-electron chi connectivity index (χ2n) is 7.25. The number of amides is 1. The molecule has 2 saturated heterocycles. The molecule has 0 aromatic heterocycles. The van der Waals surface area contributed by atoms with Crippen molar-refractivity contribution < 1.29 is 9.53 Å². The molecule has 2 aliphatic rings. The van der Waals surface area contributed by atoms with E-state index in [-0.39, 0.29) is 12.0 Å². The van der Waals surface area contributed by atoms with E-state index < -0.39 is 13.3 Å². The monoisotopic (exact) mass is 303 g/mol. The second-order valence-corrected chi connectivity index (χ2v) is 12.5. The van der Waals surface area contributed by atoms with Crippen LogP contribution in [0.2, 0.25) is 19.6 Å². The lowest BCUT2D eigenvalue weighted by Gasteiger charge is -2.34. The predicted molar refractivity (Wildman–Crippen MR) is 86.8 cm³/mol. The van der Waals surface area contributed by atoms with E-state index >= 15 is 0 Å². The highest BCUT2D eigenvalue weighted by Gasteiger charge is 2.70. The summed E-state index contributed by atoms with van der Waals surface area (Å²) in [6, 6.07) is 10.2. The molecule has 0 radical (unpaired) electrons. The third-order valence-electron chi connectivity index (χ3n) is 4.79. The van der Waals surface area contributed by atoms with Crippen molar-refractivity contribution >= 4 is 14.0 Å². The third-order valence-corrected chi connectivity index (χ3v) is 7.62. The summed E-state index contributed by atoms with van der Waals surface area (Å²) in [4.78, 5) is 15.2. The number of carbonyl (C=O) groups is 1. The van der Waals surface area contributed by atoms with Crippen LogP contribution in [0.3, 0.4) is 0 Å². The van der Waals surface area contributed by atoms with Crippen LogP contribution in [0, 0.1) is 0 Å². The summed E-state index contributed by atoms with van der Waals surface area (Å²) >= 11 is 0. The van der Waals surface area contributed by atoms with E-state index in [4.69, 9.17) is 4.74 Å². The lowest BCUT2D eigenvalue weighted by molar-refractivity contribution is -0.135. The van der Waals surface area contributed by atoms with Crippen LogP contribution in [-0.2, 0) is 9.53 Å². The molecule has 114 valence electrons. The van der Waals surface area contributed by atoms with Crippen LogP contribution >= 0.6 is 0 Å². The molecule has 1 aromatic carbocycles. The molecule has 2 heterocycles. The van der Waals surface area contributed by atoms with E-state index in [0.29, 0.717) is 0 Å². The molecule has 0 unspecified atom stereocenters. The number of benzene rings is 1. The Labute approximate surface area is 128 Å². The summed E-state index contributed by atoms with van der Waals surface area (Å²) in [6.45, 7) is 8.54. The molecule has 0 N–H and O–H groups in total. The minimum Gasteiger partial charge on any atom is -0.355 e. The van der Waals surface area contributed by atoms with Crippen molar-refractivity contribution in [2.24, 2.45) is 0 Å². The fourth-order valence-corrected chi connectivity index (χ4v) is 5.69. The summed E-state index contributed by atoms with van der Waals surface area (Å²) in [5.41, 5.74) is 1.14. The summed E-state index contributed by atoms with van der Waals surface area (Å²) in [5, 5.41) is -0.550. The molecule has 21 heavy (non-hydrogen) atoms. The molecule has 1 amide bonds. The Bertz CT molecular complexity index is 519. The van der Waals surface area contributed by atoms with Crippen LogP contribution in [0.4, 0.5) is 0 Å². The number of hydrogen-bond donors (Lipinski definition) is 0. The van der Waals surface area contributed by atoms with Gasteiger partial charge < -0.3 is 9.64 Å². The van der Waals surface area contributed by atoms with Crippen molar-refractivity contribution in [2.75, 3.05) is 13.1 Å². The Kier molecular flexibility index (Phi) is 3.70. The maximum Gasteiger partial charge on any atom is 0.254 e. The number of nitrogens with zero attached hydrogens (tertiary/aromatic N) is 1. The van der Waals surface area contributed by atoms with Crippen LogP contribution in [0.15, 0.2) is 30.3 Å². The van der Waals surface area contributed by atoms with Gasteiger partial charge in [0.1, 0.15) is 6.10 Å². The van der Waals surface area contributed by atoms with Crippen molar-refractivity contribution in [3.8, 4) is 0 Å². The minimum absolute atomic E-state index is 0.0419. The van der Waals surface area contributed by atoms with E-state index in [1.54, 1.807) is 0 Å². The van der Waals surface area contributed by atoms with Gasteiger partial charge in [-0.1, -0.05) is 50.0 Å². The number of likely N-dealkylation sites (tertiary alicyclic amines) is 1. The van der Waals surface area contributed by atoms with E-state index in [1.165, 1.54) is 6.42 Å². The number of ether oxygens (including phenoxy) is 1. The van der Waals surface area contributed by atoms with Gasteiger partial charge in [0.15, 0.2) is 5.22 Å². The molecule has 4 heteroatoms. The average Bonchev–Trinajstić information content (AvgIpc) is 3.25. The first kappa shape index (κ1) is 14.8. The van der Waals surface area contributed by atoms with Gasteiger partial charge in [-0.3, -0.25) is 4.79 Å². The maximum atomic E-state index is 13.1. The average molecular weight is 303 g/mol. The lowest BCUT2D eigenvalue weighted by atomic mass is 10.1. The quantitative estimate of drug-likeness (QED) is 0.633. The molecule has 3 nitrogen and oxygen atoms in total. The van der Waals surface area contributed by atoms with Crippen molar-refractivity contribution in [1.29, 1.82) is 0 Å². The first-order valence-electron chi connectivity index (χ1n) is 7.99. The zero-order valence-electron chi connectivity index (χ0n) is 13.3. The fraction of sp³-hybridized carbons (Fsp3) is 0.588. The Balaban J connectivity index is 1.88. The van der Waals surface area contributed by atoms with Crippen LogP contribution in [0.5, 0.6) is 0 Å². The van der Waals surface area contributed by atoms with Crippen molar-refractivity contribution in [3.63, 3.8) is 0 Å². The van der Waals surface area contributed by atoms with E-state index in [9.17, 15) is 4.79 Å². The predicted octanol–water partition coefficient (Wildman–Crippen LogP) is 3.39. The topological polar surface area (TPSA) is 32.8 Å². The van der Waals surface area contributed by atoms with Gasteiger partial charge in [-0.25, -0.2) is 0 Å². The summed E-state index contributed by atoms with van der Waals surface area (Å²) in [6.07, 6.45) is 3.46. The van der Waals surface area contributed by atoms with Crippen molar-refractivity contribution in [3.05, 3.63) is 35.9 Å². The highest BCUT2D eigenvalue weighted by atomic mass is 28.3. The highest BCUT2D eigenvalue weighted by Crippen LogP contribution is 2.56. The van der Waals surface area contributed by atoms with Crippen molar-refractivity contribution in [1.82, 2.24) is 4.90 Å². The maximum absolute atomic E-state index is 13.1. The molecule has 0 aliphatic carbocycles. The first-order chi connectivity index (χ1) is 9.97. The molecule has 0 saturated carbocycles. The van der Waals surface area contributed by atoms with Crippen LogP contribution in [0.25, 0.3) is 0 Å². The van der Waals surface area contributed by atoms with Crippen LogP contribution < -0.4 is 0 Å². The highest BCUT2D eigenvalue weighted by molar-refractivity contribution is 6.83. The first-order valence-corrected chi connectivity index (χ1v) is 11.5. The number of piperidine rings is 1. The number of rotatable bonds is 3. The molecular formula is C17H25NO2Si. The Morgan fingerprint density at radius 3 is 2.33 bits per heavy atom. The van der Waals surface area contributed by atoms with Crippen LogP contribution in [-0.4, -0.2) is 37.2 Å². The van der Waals surface area contributed by atoms with E-state index in [1.807, 2.05) is 23.1 Å². The lowest BCUT2D eigenvalue weighted by Crippen LogP contribution is -2.55. The largest absolute Gasteiger partial charge is 0.355 e. The van der Waals surface area contributed by atoms with Gasteiger partial charge in [0.05, 0.1) is 8.07 Å².